The van der Waals surface area contributed by atoms with E-state index in [0.29, 0.717) is 23.5 Å². The summed E-state index contributed by atoms with van der Waals surface area (Å²) in [7, 11) is 1.53. The number of nitrogens with zero attached hydrogens (tertiary/aromatic N) is 2. The highest BCUT2D eigenvalue weighted by Gasteiger charge is 2.17. The number of hydrogen-bond acceptors (Lipinski definition) is 4. The average molecular weight is 287 g/mol. The number of carbonyl (C=O) groups is 2. The van der Waals surface area contributed by atoms with Crippen molar-refractivity contribution in [1.82, 2.24) is 15.1 Å². The molecule has 0 fully saturated rings. The predicted molar refractivity (Wildman–Crippen MR) is 80.1 cm³/mol. The first-order chi connectivity index (χ1) is 10.1. The monoisotopic (exact) mass is 287 g/mol. The summed E-state index contributed by atoms with van der Waals surface area (Å²) in [5, 5.41) is 9.29. The van der Waals surface area contributed by atoms with Crippen LogP contribution in [-0.4, -0.2) is 28.6 Å². The summed E-state index contributed by atoms with van der Waals surface area (Å²) >= 11 is 0. The number of amides is 2. The Hall–Kier alpha value is -2.83. The SMILES string of the molecule is CCn1cc(N)c(C(=O)Nc2ccccc2C(=O)NC)n1. The standard InChI is InChI=1S/C14H17N5O2/c1-3-19-8-10(15)12(18-19)14(21)17-11-7-5-4-6-9(11)13(20)16-2/h4-8H,3,15H2,1-2H3,(H,16,20)(H,17,21). The van der Waals surface area contributed by atoms with Gasteiger partial charge in [-0.3, -0.25) is 14.3 Å². The Kier molecular flexibility index (Phi) is 4.22. The molecule has 1 aromatic carbocycles. The molecule has 0 unspecified atom stereocenters. The number of aryl methyl sites for hydroxylation is 1. The van der Waals surface area contributed by atoms with E-state index in [2.05, 4.69) is 15.7 Å². The van der Waals surface area contributed by atoms with Gasteiger partial charge in [-0.2, -0.15) is 5.10 Å². The summed E-state index contributed by atoms with van der Waals surface area (Å²) in [5.74, 6) is -0.728. The van der Waals surface area contributed by atoms with Gasteiger partial charge >= 0.3 is 0 Å². The van der Waals surface area contributed by atoms with E-state index < -0.39 is 5.91 Å². The molecule has 7 nitrogen and oxygen atoms in total. The fourth-order valence-electron chi connectivity index (χ4n) is 1.88. The zero-order valence-electron chi connectivity index (χ0n) is 11.9. The van der Waals surface area contributed by atoms with Gasteiger partial charge in [-0.1, -0.05) is 12.1 Å². The zero-order valence-corrected chi connectivity index (χ0v) is 11.9. The Bertz CT molecular complexity index is 678. The molecule has 0 aliphatic carbocycles. The average Bonchev–Trinajstić information content (AvgIpc) is 2.88. The molecule has 7 heteroatoms. The predicted octanol–water partition coefficient (Wildman–Crippen LogP) is 1.10. The van der Waals surface area contributed by atoms with Crippen LogP contribution in [0.3, 0.4) is 0 Å². The Morgan fingerprint density at radius 3 is 2.62 bits per heavy atom. The minimum absolute atomic E-state index is 0.142. The molecule has 2 amide bonds. The number of para-hydroxylation sites is 1. The Morgan fingerprint density at radius 2 is 2.00 bits per heavy atom. The van der Waals surface area contributed by atoms with Crippen LogP contribution in [-0.2, 0) is 6.54 Å². The number of hydrogen-bond donors (Lipinski definition) is 3. The van der Waals surface area contributed by atoms with Crippen LogP contribution in [0.2, 0.25) is 0 Å². The molecule has 0 saturated heterocycles. The molecule has 0 aliphatic heterocycles. The lowest BCUT2D eigenvalue weighted by Crippen LogP contribution is -2.22. The van der Waals surface area contributed by atoms with Crippen LogP contribution in [0.15, 0.2) is 30.5 Å². The molecule has 110 valence electrons. The molecule has 0 bridgehead atoms. The summed E-state index contributed by atoms with van der Waals surface area (Å²) in [6, 6.07) is 6.73. The summed E-state index contributed by atoms with van der Waals surface area (Å²) in [6.45, 7) is 2.52. The van der Waals surface area contributed by atoms with Gasteiger partial charge in [0.25, 0.3) is 11.8 Å². The second kappa shape index (κ2) is 6.08. The van der Waals surface area contributed by atoms with Gasteiger partial charge in [0.15, 0.2) is 5.69 Å². The van der Waals surface area contributed by atoms with Gasteiger partial charge in [0.1, 0.15) is 0 Å². The van der Waals surface area contributed by atoms with Crippen molar-refractivity contribution in [3.63, 3.8) is 0 Å². The maximum absolute atomic E-state index is 12.2. The summed E-state index contributed by atoms with van der Waals surface area (Å²) in [5.41, 5.74) is 7.00. The Balaban J connectivity index is 2.27. The molecule has 0 saturated carbocycles. The lowest BCUT2D eigenvalue weighted by molar-refractivity contribution is 0.0964. The molecule has 0 atom stereocenters. The quantitative estimate of drug-likeness (QED) is 0.783. The van der Waals surface area contributed by atoms with Crippen LogP contribution in [0.4, 0.5) is 11.4 Å². The summed E-state index contributed by atoms with van der Waals surface area (Å²) < 4.78 is 1.58. The maximum Gasteiger partial charge on any atom is 0.278 e. The van der Waals surface area contributed by atoms with Crippen molar-refractivity contribution >= 4 is 23.2 Å². The minimum atomic E-state index is -0.448. The molecule has 1 aromatic heterocycles. The molecule has 2 rings (SSSR count). The number of anilines is 2. The number of benzene rings is 1. The largest absolute Gasteiger partial charge is 0.396 e. The van der Waals surface area contributed by atoms with Crippen LogP contribution in [0.25, 0.3) is 0 Å². The minimum Gasteiger partial charge on any atom is -0.396 e. The van der Waals surface area contributed by atoms with E-state index in [1.54, 1.807) is 35.1 Å². The fraction of sp³-hybridized carbons (Fsp3) is 0.214. The summed E-state index contributed by atoms with van der Waals surface area (Å²) in [4.78, 5) is 24.0. The van der Waals surface area contributed by atoms with Gasteiger partial charge in [-0.15, -0.1) is 0 Å². The van der Waals surface area contributed by atoms with Crippen molar-refractivity contribution in [2.75, 3.05) is 18.1 Å². The molecule has 0 aliphatic rings. The van der Waals surface area contributed by atoms with Crippen LogP contribution in [0.1, 0.15) is 27.8 Å². The first kappa shape index (κ1) is 14.6. The first-order valence-corrected chi connectivity index (χ1v) is 6.52. The third-order valence-corrected chi connectivity index (χ3v) is 2.98. The van der Waals surface area contributed by atoms with Crippen molar-refractivity contribution in [3.05, 3.63) is 41.7 Å². The molecule has 0 radical (unpaired) electrons. The number of nitrogen functional groups attached to an aromatic ring is 1. The fourth-order valence-corrected chi connectivity index (χ4v) is 1.88. The second-order valence-corrected chi connectivity index (χ2v) is 4.37. The highest BCUT2D eigenvalue weighted by Crippen LogP contribution is 2.17. The van der Waals surface area contributed by atoms with E-state index >= 15 is 0 Å². The van der Waals surface area contributed by atoms with Crippen molar-refractivity contribution < 1.29 is 9.59 Å². The van der Waals surface area contributed by atoms with E-state index in [4.69, 9.17) is 5.73 Å². The number of carbonyl (C=O) groups excluding carboxylic acids is 2. The van der Waals surface area contributed by atoms with Gasteiger partial charge in [0, 0.05) is 19.8 Å². The van der Waals surface area contributed by atoms with Gasteiger partial charge in [-0.25, -0.2) is 0 Å². The first-order valence-electron chi connectivity index (χ1n) is 6.52. The molecule has 2 aromatic rings. The second-order valence-electron chi connectivity index (χ2n) is 4.37. The molecule has 0 spiro atoms. The van der Waals surface area contributed by atoms with Crippen LogP contribution >= 0.6 is 0 Å². The lowest BCUT2D eigenvalue weighted by atomic mass is 10.1. The van der Waals surface area contributed by atoms with Gasteiger partial charge in [0.05, 0.1) is 16.9 Å². The molecule has 4 N–H and O–H groups in total. The highest BCUT2D eigenvalue weighted by atomic mass is 16.2. The van der Waals surface area contributed by atoms with E-state index in [-0.39, 0.29) is 11.6 Å². The van der Waals surface area contributed by atoms with Crippen LogP contribution in [0, 0.1) is 0 Å². The third kappa shape index (κ3) is 3.02. The molecule has 1 heterocycles. The van der Waals surface area contributed by atoms with Crippen molar-refractivity contribution in [1.29, 1.82) is 0 Å². The normalized spacial score (nSPS) is 10.2. The highest BCUT2D eigenvalue weighted by molar-refractivity contribution is 6.10. The number of rotatable bonds is 4. The zero-order chi connectivity index (χ0) is 15.4. The van der Waals surface area contributed by atoms with E-state index in [0.717, 1.165) is 0 Å². The molecule has 21 heavy (non-hydrogen) atoms. The number of aromatic nitrogens is 2. The smallest absolute Gasteiger partial charge is 0.278 e. The maximum atomic E-state index is 12.2. The van der Waals surface area contributed by atoms with Gasteiger partial charge < -0.3 is 16.4 Å². The van der Waals surface area contributed by atoms with Crippen molar-refractivity contribution in [2.24, 2.45) is 0 Å². The van der Waals surface area contributed by atoms with Gasteiger partial charge in [0.2, 0.25) is 0 Å². The number of nitrogens with one attached hydrogen (secondary N) is 2. The number of nitrogens with two attached hydrogens (primary N) is 1. The molecular formula is C14H17N5O2. The summed E-state index contributed by atoms with van der Waals surface area (Å²) in [6.07, 6.45) is 1.60. The topological polar surface area (TPSA) is 102 Å². The van der Waals surface area contributed by atoms with E-state index in [1.165, 1.54) is 7.05 Å². The molecular weight excluding hydrogens is 270 g/mol. The Morgan fingerprint density at radius 1 is 1.29 bits per heavy atom. The van der Waals surface area contributed by atoms with Crippen molar-refractivity contribution in [3.8, 4) is 0 Å². The van der Waals surface area contributed by atoms with Crippen LogP contribution < -0.4 is 16.4 Å². The third-order valence-electron chi connectivity index (χ3n) is 2.98. The van der Waals surface area contributed by atoms with Gasteiger partial charge in [-0.05, 0) is 19.1 Å². The lowest BCUT2D eigenvalue weighted by Gasteiger charge is -2.09. The Labute approximate surface area is 122 Å². The van der Waals surface area contributed by atoms with Crippen molar-refractivity contribution in [2.45, 2.75) is 13.5 Å². The van der Waals surface area contributed by atoms with E-state index in [1.807, 2.05) is 6.92 Å². The van der Waals surface area contributed by atoms with E-state index in [9.17, 15) is 9.59 Å². The van der Waals surface area contributed by atoms with Crippen LogP contribution in [0.5, 0.6) is 0 Å².